The van der Waals surface area contributed by atoms with Gasteiger partial charge in [0.05, 0.1) is 7.11 Å². The molecule has 0 radical (unpaired) electrons. The first-order chi connectivity index (χ1) is 9.43. The number of halogens is 1. The van der Waals surface area contributed by atoms with E-state index in [1.165, 1.54) is 13.2 Å². The molecule has 1 N–H and O–H groups in total. The molecule has 3 heteroatoms. The van der Waals surface area contributed by atoms with Gasteiger partial charge in [0, 0.05) is 11.6 Å². The van der Waals surface area contributed by atoms with Crippen LogP contribution in [-0.2, 0) is 0 Å². The molecule has 0 saturated carbocycles. The monoisotopic (exact) mass is 274 g/mol. The molecule has 0 fully saturated rings. The van der Waals surface area contributed by atoms with Gasteiger partial charge >= 0.3 is 0 Å². The smallest absolute Gasteiger partial charge is 0.133 e. The van der Waals surface area contributed by atoms with Crippen molar-refractivity contribution in [2.24, 2.45) is 0 Å². The van der Waals surface area contributed by atoms with Crippen molar-refractivity contribution in [3.63, 3.8) is 0 Å². The number of hydrogen-bond donors (Lipinski definition) is 1. The standard InChI is InChI=1S/C17H19FO2/c1-10-7-12(3)15(8-11(10)2)17(19)14-6-5-13(20-4)9-16(14)18/h5-9,17,19H,1-4H3. The van der Waals surface area contributed by atoms with Crippen LogP contribution in [0.5, 0.6) is 5.75 Å². The molecular weight excluding hydrogens is 255 g/mol. The fourth-order valence-electron chi connectivity index (χ4n) is 2.30. The number of ether oxygens (including phenoxy) is 1. The molecule has 0 amide bonds. The molecule has 20 heavy (non-hydrogen) atoms. The number of benzene rings is 2. The van der Waals surface area contributed by atoms with E-state index in [1.807, 2.05) is 32.9 Å². The minimum atomic E-state index is -0.972. The SMILES string of the molecule is COc1ccc(C(O)c2cc(C)c(C)cc2C)c(F)c1. The molecule has 2 aromatic rings. The number of aryl methyl sites for hydroxylation is 3. The summed E-state index contributed by atoms with van der Waals surface area (Å²) in [6.45, 7) is 5.92. The summed E-state index contributed by atoms with van der Waals surface area (Å²) < 4.78 is 19.0. The fraction of sp³-hybridized carbons (Fsp3) is 0.294. The molecule has 0 bridgehead atoms. The number of methoxy groups -OCH3 is 1. The quantitative estimate of drug-likeness (QED) is 0.921. The molecule has 106 valence electrons. The second-order valence-electron chi connectivity index (χ2n) is 5.08. The van der Waals surface area contributed by atoms with Gasteiger partial charge in [-0.1, -0.05) is 12.1 Å². The molecule has 0 saturated heterocycles. The lowest BCUT2D eigenvalue weighted by Gasteiger charge is -2.17. The van der Waals surface area contributed by atoms with Crippen molar-refractivity contribution in [3.8, 4) is 5.75 Å². The maximum atomic E-state index is 14.0. The average molecular weight is 274 g/mol. The van der Waals surface area contributed by atoms with Crippen molar-refractivity contribution in [1.29, 1.82) is 0 Å². The Hall–Kier alpha value is -1.87. The lowest BCUT2D eigenvalue weighted by molar-refractivity contribution is 0.214. The molecule has 2 nitrogen and oxygen atoms in total. The maximum absolute atomic E-state index is 14.0. The zero-order valence-corrected chi connectivity index (χ0v) is 12.2. The average Bonchev–Trinajstić information content (AvgIpc) is 2.42. The second kappa shape index (κ2) is 5.63. The Morgan fingerprint density at radius 1 is 0.950 bits per heavy atom. The molecule has 0 heterocycles. The van der Waals surface area contributed by atoms with Gasteiger partial charge < -0.3 is 9.84 Å². The van der Waals surface area contributed by atoms with Crippen LogP contribution in [0.25, 0.3) is 0 Å². The highest BCUT2D eigenvalue weighted by atomic mass is 19.1. The molecule has 0 aliphatic rings. The first-order valence-electron chi connectivity index (χ1n) is 6.53. The Balaban J connectivity index is 2.46. The van der Waals surface area contributed by atoms with Crippen molar-refractivity contribution in [1.82, 2.24) is 0 Å². The van der Waals surface area contributed by atoms with Crippen LogP contribution < -0.4 is 4.74 Å². The highest BCUT2D eigenvalue weighted by Gasteiger charge is 2.18. The maximum Gasteiger partial charge on any atom is 0.133 e. The first kappa shape index (κ1) is 14.5. The van der Waals surface area contributed by atoms with E-state index < -0.39 is 11.9 Å². The van der Waals surface area contributed by atoms with E-state index in [4.69, 9.17) is 4.74 Å². The van der Waals surface area contributed by atoms with E-state index in [2.05, 4.69) is 0 Å². The lowest BCUT2D eigenvalue weighted by Crippen LogP contribution is -2.06. The molecule has 0 spiro atoms. The summed E-state index contributed by atoms with van der Waals surface area (Å²) in [6, 6.07) is 8.43. The van der Waals surface area contributed by atoms with E-state index >= 15 is 0 Å². The summed E-state index contributed by atoms with van der Waals surface area (Å²) in [4.78, 5) is 0. The van der Waals surface area contributed by atoms with E-state index in [1.54, 1.807) is 12.1 Å². The third-order valence-electron chi connectivity index (χ3n) is 3.68. The van der Waals surface area contributed by atoms with Crippen LogP contribution in [0.15, 0.2) is 30.3 Å². The van der Waals surface area contributed by atoms with Crippen molar-refractivity contribution in [2.75, 3.05) is 7.11 Å². The molecule has 0 aliphatic carbocycles. The van der Waals surface area contributed by atoms with Gasteiger partial charge in [0.2, 0.25) is 0 Å². The summed E-state index contributed by atoms with van der Waals surface area (Å²) in [5.41, 5.74) is 4.19. The Bertz CT molecular complexity index is 635. The number of aliphatic hydroxyl groups excluding tert-OH is 1. The van der Waals surface area contributed by atoms with Crippen LogP contribution in [0, 0.1) is 26.6 Å². The molecule has 0 aliphatic heterocycles. The summed E-state index contributed by atoms with van der Waals surface area (Å²) in [6.07, 6.45) is -0.972. The Labute approximate surface area is 118 Å². The molecule has 2 rings (SSSR count). The van der Waals surface area contributed by atoms with Gasteiger partial charge in [0.25, 0.3) is 0 Å². The number of aliphatic hydroxyl groups is 1. The molecule has 2 aromatic carbocycles. The molecule has 1 unspecified atom stereocenters. The minimum absolute atomic E-state index is 0.261. The Morgan fingerprint density at radius 3 is 2.20 bits per heavy atom. The second-order valence-corrected chi connectivity index (χ2v) is 5.08. The van der Waals surface area contributed by atoms with Gasteiger partial charge in [-0.25, -0.2) is 4.39 Å². The van der Waals surface area contributed by atoms with E-state index in [-0.39, 0.29) is 5.56 Å². The normalized spacial score (nSPS) is 12.3. The van der Waals surface area contributed by atoms with Gasteiger partial charge in [0.15, 0.2) is 0 Å². The predicted octanol–water partition coefficient (Wildman–Crippen LogP) is 3.84. The zero-order valence-electron chi connectivity index (χ0n) is 12.2. The van der Waals surface area contributed by atoms with E-state index in [9.17, 15) is 9.50 Å². The van der Waals surface area contributed by atoms with Crippen molar-refractivity contribution >= 4 is 0 Å². The summed E-state index contributed by atoms with van der Waals surface area (Å²) >= 11 is 0. The zero-order chi connectivity index (χ0) is 14.9. The van der Waals surface area contributed by atoms with Crippen molar-refractivity contribution in [3.05, 3.63) is 64.0 Å². The molecule has 1 atom stereocenters. The minimum Gasteiger partial charge on any atom is -0.497 e. The Kier molecular flexibility index (Phi) is 4.09. The lowest BCUT2D eigenvalue weighted by atomic mass is 9.93. The fourth-order valence-corrected chi connectivity index (χ4v) is 2.30. The molecule has 0 aromatic heterocycles. The van der Waals surface area contributed by atoms with E-state index in [0.29, 0.717) is 5.75 Å². The van der Waals surface area contributed by atoms with Gasteiger partial charge in [0.1, 0.15) is 17.7 Å². The largest absolute Gasteiger partial charge is 0.497 e. The van der Waals surface area contributed by atoms with Gasteiger partial charge in [-0.05, 0) is 55.2 Å². The van der Waals surface area contributed by atoms with Crippen LogP contribution in [0.3, 0.4) is 0 Å². The van der Waals surface area contributed by atoms with Gasteiger partial charge in [-0.15, -0.1) is 0 Å². The summed E-state index contributed by atoms with van der Waals surface area (Å²) in [7, 11) is 1.48. The van der Waals surface area contributed by atoms with Crippen LogP contribution in [0.1, 0.15) is 33.9 Å². The summed E-state index contributed by atoms with van der Waals surface area (Å²) in [5, 5.41) is 10.5. The highest BCUT2D eigenvalue weighted by molar-refractivity contribution is 5.42. The molecular formula is C17H19FO2. The topological polar surface area (TPSA) is 29.5 Å². The summed E-state index contributed by atoms with van der Waals surface area (Å²) in [5.74, 6) is -0.0234. The van der Waals surface area contributed by atoms with Crippen molar-refractivity contribution < 1.29 is 14.2 Å². The van der Waals surface area contributed by atoms with Crippen LogP contribution in [-0.4, -0.2) is 12.2 Å². The van der Waals surface area contributed by atoms with Gasteiger partial charge in [-0.3, -0.25) is 0 Å². The van der Waals surface area contributed by atoms with Gasteiger partial charge in [-0.2, -0.15) is 0 Å². The van der Waals surface area contributed by atoms with Crippen LogP contribution in [0.2, 0.25) is 0 Å². The van der Waals surface area contributed by atoms with Crippen LogP contribution in [0.4, 0.5) is 4.39 Å². The van der Waals surface area contributed by atoms with Crippen LogP contribution >= 0.6 is 0 Å². The number of rotatable bonds is 3. The number of hydrogen-bond acceptors (Lipinski definition) is 2. The Morgan fingerprint density at radius 2 is 1.60 bits per heavy atom. The third kappa shape index (κ3) is 2.68. The van der Waals surface area contributed by atoms with Crippen molar-refractivity contribution in [2.45, 2.75) is 26.9 Å². The third-order valence-corrected chi connectivity index (χ3v) is 3.68. The highest BCUT2D eigenvalue weighted by Crippen LogP contribution is 2.30. The van der Waals surface area contributed by atoms with E-state index in [0.717, 1.165) is 22.3 Å². The first-order valence-corrected chi connectivity index (χ1v) is 6.53. The predicted molar refractivity (Wildman–Crippen MR) is 77.7 cm³/mol.